The van der Waals surface area contributed by atoms with Crippen molar-refractivity contribution in [3.63, 3.8) is 0 Å². The predicted molar refractivity (Wildman–Crippen MR) is 65.4 cm³/mol. The van der Waals surface area contributed by atoms with Crippen LogP contribution >= 0.6 is 11.3 Å². The number of fused-ring (bicyclic) bond motifs is 5. The summed E-state index contributed by atoms with van der Waals surface area (Å²) in [7, 11) is 0. The Morgan fingerprint density at radius 2 is 2.41 bits per heavy atom. The lowest BCUT2D eigenvalue weighted by Gasteiger charge is -2.09. The van der Waals surface area contributed by atoms with E-state index in [9.17, 15) is 0 Å². The molecule has 86 valence electrons. The van der Waals surface area contributed by atoms with E-state index in [0.717, 1.165) is 46.2 Å². The molecule has 1 aliphatic carbocycles. The second kappa shape index (κ2) is 3.20. The van der Waals surface area contributed by atoms with Gasteiger partial charge in [0.05, 0.1) is 17.7 Å². The highest BCUT2D eigenvalue weighted by Crippen LogP contribution is 2.35. The summed E-state index contributed by atoms with van der Waals surface area (Å²) >= 11 is 1.68. The zero-order chi connectivity index (χ0) is 11.4. The number of hydrogen-bond donors (Lipinski definition) is 0. The average Bonchev–Trinajstić information content (AvgIpc) is 3.00. The summed E-state index contributed by atoms with van der Waals surface area (Å²) in [6, 6.07) is 2.01. The van der Waals surface area contributed by atoms with Crippen LogP contribution in [0.4, 0.5) is 0 Å². The maximum absolute atomic E-state index is 5.46. The van der Waals surface area contributed by atoms with Gasteiger partial charge in [0.2, 0.25) is 4.96 Å². The van der Waals surface area contributed by atoms with Crippen molar-refractivity contribution >= 4 is 16.3 Å². The van der Waals surface area contributed by atoms with Crippen molar-refractivity contribution in [1.29, 1.82) is 0 Å². The molecule has 3 aromatic heterocycles. The molecule has 0 unspecified atom stereocenters. The van der Waals surface area contributed by atoms with Crippen LogP contribution in [0, 0.1) is 0 Å². The molecule has 0 spiro atoms. The SMILES string of the molecule is CCc1nn2c3c(nc2s1)-c1ccoc1CC3. The monoisotopic (exact) mass is 245 g/mol. The Kier molecular flexibility index (Phi) is 1.77. The van der Waals surface area contributed by atoms with Crippen LogP contribution in [-0.2, 0) is 19.3 Å². The van der Waals surface area contributed by atoms with Crippen LogP contribution < -0.4 is 0 Å². The normalized spacial score (nSPS) is 13.9. The molecule has 0 saturated heterocycles. The summed E-state index contributed by atoms with van der Waals surface area (Å²) in [5, 5.41) is 5.75. The van der Waals surface area contributed by atoms with Gasteiger partial charge in [-0.05, 0) is 18.9 Å². The highest BCUT2D eigenvalue weighted by molar-refractivity contribution is 7.16. The van der Waals surface area contributed by atoms with Gasteiger partial charge in [-0.3, -0.25) is 0 Å². The maximum Gasteiger partial charge on any atom is 0.212 e. The second-order valence-electron chi connectivity index (χ2n) is 4.21. The van der Waals surface area contributed by atoms with Crippen molar-refractivity contribution in [2.45, 2.75) is 26.2 Å². The number of aryl methyl sites for hydroxylation is 3. The maximum atomic E-state index is 5.46. The van der Waals surface area contributed by atoms with Gasteiger partial charge < -0.3 is 4.42 Å². The van der Waals surface area contributed by atoms with Crippen molar-refractivity contribution in [3.05, 3.63) is 28.8 Å². The molecule has 17 heavy (non-hydrogen) atoms. The van der Waals surface area contributed by atoms with Crippen LogP contribution in [0.1, 0.15) is 23.4 Å². The molecule has 0 atom stereocenters. The first-order valence-corrected chi connectivity index (χ1v) is 6.62. The van der Waals surface area contributed by atoms with Gasteiger partial charge in [-0.15, -0.1) is 0 Å². The molecular weight excluding hydrogens is 234 g/mol. The Bertz CT molecular complexity index is 707. The van der Waals surface area contributed by atoms with E-state index in [-0.39, 0.29) is 0 Å². The molecule has 3 heterocycles. The van der Waals surface area contributed by atoms with Crippen LogP contribution in [0.5, 0.6) is 0 Å². The molecule has 0 bridgehead atoms. The summed E-state index contributed by atoms with van der Waals surface area (Å²) in [6.07, 6.45) is 4.63. The van der Waals surface area contributed by atoms with Gasteiger partial charge >= 0.3 is 0 Å². The van der Waals surface area contributed by atoms with Gasteiger partial charge in [0, 0.05) is 12.0 Å². The smallest absolute Gasteiger partial charge is 0.212 e. The van der Waals surface area contributed by atoms with E-state index in [1.165, 1.54) is 5.69 Å². The second-order valence-corrected chi connectivity index (χ2v) is 5.25. The number of furan rings is 1. The molecule has 4 rings (SSSR count). The highest BCUT2D eigenvalue weighted by atomic mass is 32.1. The molecule has 0 saturated carbocycles. The number of nitrogens with zero attached hydrogens (tertiary/aromatic N) is 3. The Hall–Kier alpha value is -1.62. The molecule has 0 fully saturated rings. The Labute approximate surface area is 102 Å². The standard InChI is InChI=1S/C12H11N3OS/c1-2-10-14-15-8-3-4-9-7(5-6-16-9)11(8)13-12(15)17-10/h5-6H,2-4H2,1H3. The Balaban J connectivity index is 2.02. The zero-order valence-corrected chi connectivity index (χ0v) is 10.3. The molecule has 3 aromatic rings. The third-order valence-electron chi connectivity index (χ3n) is 3.23. The van der Waals surface area contributed by atoms with Crippen molar-refractivity contribution in [2.24, 2.45) is 0 Å². The Morgan fingerprint density at radius 1 is 1.47 bits per heavy atom. The highest BCUT2D eigenvalue weighted by Gasteiger charge is 2.25. The molecule has 0 amide bonds. The number of aromatic nitrogens is 3. The lowest BCUT2D eigenvalue weighted by Crippen LogP contribution is -2.04. The minimum Gasteiger partial charge on any atom is -0.469 e. The summed E-state index contributed by atoms with van der Waals surface area (Å²) in [5.74, 6) is 1.05. The molecule has 5 heteroatoms. The fraction of sp³-hybridized carbons (Fsp3) is 0.333. The number of hydrogen-bond acceptors (Lipinski definition) is 4. The Morgan fingerprint density at radius 3 is 3.29 bits per heavy atom. The van der Waals surface area contributed by atoms with Gasteiger partial charge in [0.15, 0.2) is 0 Å². The van der Waals surface area contributed by atoms with Crippen LogP contribution in [0.3, 0.4) is 0 Å². The summed E-state index contributed by atoms with van der Waals surface area (Å²) < 4.78 is 7.47. The summed E-state index contributed by atoms with van der Waals surface area (Å²) in [4.78, 5) is 5.70. The van der Waals surface area contributed by atoms with Crippen molar-refractivity contribution < 1.29 is 4.42 Å². The minimum atomic E-state index is 0.947. The first-order valence-electron chi connectivity index (χ1n) is 5.81. The van der Waals surface area contributed by atoms with E-state index in [1.807, 2.05) is 10.6 Å². The minimum absolute atomic E-state index is 0.947. The zero-order valence-electron chi connectivity index (χ0n) is 9.43. The van der Waals surface area contributed by atoms with E-state index < -0.39 is 0 Å². The first kappa shape index (κ1) is 9.41. The first-order chi connectivity index (χ1) is 8.36. The summed E-state index contributed by atoms with van der Waals surface area (Å²) in [6.45, 7) is 2.12. The van der Waals surface area contributed by atoms with E-state index >= 15 is 0 Å². The third-order valence-corrected chi connectivity index (χ3v) is 4.28. The van der Waals surface area contributed by atoms with Gasteiger partial charge in [-0.1, -0.05) is 18.3 Å². The van der Waals surface area contributed by atoms with Gasteiger partial charge in [0.25, 0.3) is 0 Å². The topological polar surface area (TPSA) is 43.3 Å². The van der Waals surface area contributed by atoms with E-state index in [2.05, 4.69) is 12.0 Å². The molecule has 1 aliphatic rings. The van der Waals surface area contributed by atoms with Crippen molar-refractivity contribution in [1.82, 2.24) is 14.6 Å². The van der Waals surface area contributed by atoms with Crippen molar-refractivity contribution in [2.75, 3.05) is 0 Å². The molecule has 0 radical (unpaired) electrons. The fourth-order valence-electron chi connectivity index (χ4n) is 2.39. The van der Waals surface area contributed by atoms with Gasteiger partial charge in [0.1, 0.15) is 10.8 Å². The van der Waals surface area contributed by atoms with Crippen LogP contribution in [0.2, 0.25) is 0 Å². The largest absolute Gasteiger partial charge is 0.469 e. The van der Waals surface area contributed by atoms with Crippen LogP contribution in [0.15, 0.2) is 16.7 Å². The summed E-state index contributed by atoms with van der Waals surface area (Å²) in [5.41, 5.74) is 3.42. The quantitative estimate of drug-likeness (QED) is 0.662. The molecular formula is C12H11N3OS. The molecule has 0 aromatic carbocycles. The molecule has 0 aliphatic heterocycles. The van der Waals surface area contributed by atoms with Gasteiger partial charge in [-0.25, -0.2) is 9.50 Å². The third kappa shape index (κ3) is 1.17. The molecule has 0 N–H and O–H groups in total. The van der Waals surface area contributed by atoms with E-state index in [1.54, 1.807) is 17.6 Å². The lowest BCUT2D eigenvalue weighted by molar-refractivity contribution is 0.505. The van der Waals surface area contributed by atoms with Crippen LogP contribution in [0.25, 0.3) is 16.2 Å². The number of rotatable bonds is 1. The van der Waals surface area contributed by atoms with E-state index in [0.29, 0.717) is 0 Å². The van der Waals surface area contributed by atoms with Crippen LogP contribution in [-0.4, -0.2) is 14.6 Å². The van der Waals surface area contributed by atoms with Crippen molar-refractivity contribution in [3.8, 4) is 11.3 Å². The van der Waals surface area contributed by atoms with E-state index in [4.69, 9.17) is 9.40 Å². The fourth-order valence-corrected chi connectivity index (χ4v) is 3.24. The lowest BCUT2D eigenvalue weighted by atomic mass is 10.00. The predicted octanol–water partition coefficient (Wildman–Crippen LogP) is 2.71. The average molecular weight is 245 g/mol. The van der Waals surface area contributed by atoms with Gasteiger partial charge in [-0.2, -0.15) is 5.10 Å². The number of imidazole rings is 1. The molecule has 4 nitrogen and oxygen atoms in total.